The second-order valence-electron chi connectivity index (χ2n) is 13.8. The van der Waals surface area contributed by atoms with Gasteiger partial charge in [0.05, 0.1) is 11.9 Å². The van der Waals surface area contributed by atoms with Crippen LogP contribution < -0.4 is 10.2 Å². The number of benzene rings is 2. The van der Waals surface area contributed by atoms with Crippen molar-refractivity contribution in [2.75, 3.05) is 0 Å². The number of pyridine rings is 2. The molecule has 0 spiro atoms. The number of aromatic carboxylic acids is 2. The molecule has 4 heterocycles. The molecule has 0 aliphatic carbocycles. The smallest absolute Gasteiger partial charge is 0.504 e. The average Bonchev–Trinajstić information content (AvgIpc) is 3.33. The van der Waals surface area contributed by atoms with E-state index in [-0.39, 0.29) is 50.5 Å². The number of amidine groups is 2. The van der Waals surface area contributed by atoms with Gasteiger partial charge in [-0.2, -0.15) is 0 Å². The van der Waals surface area contributed by atoms with E-state index >= 15 is 0 Å². The molecular weight excluding hydrogens is 759 g/mol. The molecule has 0 unspecified atom stereocenters. The van der Waals surface area contributed by atoms with E-state index in [1.807, 2.05) is 0 Å². The summed E-state index contributed by atoms with van der Waals surface area (Å²) in [5.74, 6) is -1.95. The van der Waals surface area contributed by atoms with Gasteiger partial charge in [0, 0.05) is 107 Å². The number of nitroso groups, excluding NO2 is 2. The number of aromatic nitrogens is 2. The number of carbonyl (C=O) groups excluding carboxylic acids is 2. The molecule has 0 atom stereocenters. The first-order valence-corrected chi connectivity index (χ1v) is 16.2. The molecule has 297 valence electrons. The summed E-state index contributed by atoms with van der Waals surface area (Å²) in [6.45, 7) is 14.2. The number of carbonyl (C=O) groups is 2. The molecule has 2 aromatic carbocycles. The van der Waals surface area contributed by atoms with Crippen molar-refractivity contribution in [3.05, 3.63) is 152 Å². The predicted molar refractivity (Wildman–Crippen MR) is 199 cm³/mol. The molecule has 6 N–H and O–H groups in total. The summed E-state index contributed by atoms with van der Waals surface area (Å²) in [5.41, 5.74) is -1.44. The molecule has 17 heteroatoms. The number of hydrogen-bond acceptors (Lipinski definition) is 10. The van der Waals surface area contributed by atoms with Crippen LogP contribution >= 0.6 is 0 Å². The van der Waals surface area contributed by atoms with Crippen LogP contribution in [0.4, 0.5) is 0 Å². The van der Waals surface area contributed by atoms with Crippen LogP contribution in [0.1, 0.15) is 87.2 Å². The average molecular weight is 808 g/mol. The molecule has 0 saturated heterocycles. The van der Waals surface area contributed by atoms with Crippen LogP contribution in [-0.2, 0) is 27.7 Å². The summed E-state index contributed by atoms with van der Waals surface area (Å²) in [5, 5.41) is 44.7. The minimum absolute atomic E-state index is 0. The van der Waals surface area contributed by atoms with Crippen molar-refractivity contribution in [1.29, 1.82) is 0 Å². The zero-order valence-electron chi connectivity index (χ0n) is 31.8. The van der Waals surface area contributed by atoms with Crippen molar-refractivity contribution in [1.82, 2.24) is 9.97 Å². The van der Waals surface area contributed by atoms with Gasteiger partial charge in [-0.05, 0) is 35.4 Å². The molecule has 4 aromatic rings. The Morgan fingerprint density at radius 2 is 0.745 bits per heavy atom. The molecular formula is C38H48CoN6O10+2. The molecule has 6 rings (SSSR count). The number of hydroxylamine groups is 2. The first-order chi connectivity index (χ1) is 24.2. The number of carboxylic acid groups (broad SMARTS) is 2. The topological polar surface area (TPSA) is 264 Å². The Morgan fingerprint density at radius 3 is 0.927 bits per heavy atom. The van der Waals surface area contributed by atoms with Crippen LogP contribution in [0.2, 0.25) is 0 Å². The summed E-state index contributed by atoms with van der Waals surface area (Å²) in [6.07, 6.45) is 6.29. The molecule has 16 nitrogen and oxygen atoms in total. The maximum absolute atomic E-state index is 12.3. The zero-order valence-corrected chi connectivity index (χ0v) is 32.9. The van der Waals surface area contributed by atoms with Crippen molar-refractivity contribution in [3.63, 3.8) is 0 Å². The molecule has 2 aliphatic rings. The van der Waals surface area contributed by atoms with Crippen LogP contribution in [0.15, 0.2) is 110 Å². The van der Waals surface area contributed by atoms with Crippen molar-refractivity contribution < 1.29 is 66.5 Å². The Hall–Kier alpha value is -5.75. The molecule has 2 aromatic heterocycles. The summed E-state index contributed by atoms with van der Waals surface area (Å²) >= 11 is 0. The normalized spacial score (nSPS) is 16.5. The first-order valence-electron chi connectivity index (χ1n) is 16.2. The second-order valence-corrected chi connectivity index (χ2v) is 13.8. The van der Waals surface area contributed by atoms with Gasteiger partial charge in [-0.25, -0.2) is 0 Å². The quantitative estimate of drug-likeness (QED) is 0.163. The molecule has 55 heavy (non-hydrogen) atoms. The number of nitrogens with zero attached hydrogens (tertiary/aromatic N) is 6. The third-order valence-electron chi connectivity index (χ3n) is 9.69. The van der Waals surface area contributed by atoms with E-state index in [9.17, 15) is 40.0 Å². The van der Waals surface area contributed by atoms with Gasteiger partial charge < -0.3 is 41.2 Å². The monoisotopic (exact) mass is 807 g/mol. The van der Waals surface area contributed by atoms with Crippen molar-refractivity contribution in [3.8, 4) is 0 Å². The number of rotatable bonds is 4. The van der Waals surface area contributed by atoms with Gasteiger partial charge in [0.25, 0.3) is 11.1 Å². The van der Waals surface area contributed by atoms with Gasteiger partial charge in [0.1, 0.15) is 20.6 Å². The standard InChI is InChI=1S/2C12H16N3O2.2C7H6O2.Co.2H2O/c2*1-11(2)12(3,4)15(17)10(14(11)16)9-5-7-13-8-6-9;2*8-7(9)6-4-2-1-3-5-6;;;/h2*5-8H,1-4H3;2*1-5H,(H,8,9);;2*1H2/q2*+1;;;;;. The minimum Gasteiger partial charge on any atom is -0.618 e. The van der Waals surface area contributed by atoms with Gasteiger partial charge >= 0.3 is 11.7 Å². The Bertz CT molecular complexity index is 1840. The predicted octanol–water partition coefficient (Wildman–Crippen LogP) is 1.63. The molecule has 2 aliphatic heterocycles. The summed E-state index contributed by atoms with van der Waals surface area (Å²) < 4.78 is 3.20. The fourth-order valence-corrected chi connectivity index (χ4v) is 4.84. The zero-order chi connectivity index (χ0) is 39.1. The molecule has 1 radical (unpaired) electrons. The van der Waals surface area contributed by atoms with Crippen LogP contribution in [-0.4, -0.2) is 74.7 Å². The summed E-state index contributed by atoms with van der Waals surface area (Å²) in [7, 11) is 0. The Balaban J connectivity index is 0.000000723. The first kappa shape index (κ1) is 49.2. The maximum Gasteiger partial charge on any atom is 0.504 e. The van der Waals surface area contributed by atoms with Gasteiger partial charge in [-0.3, -0.25) is 9.97 Å². The van der Waals surface area contributed by atoms with E-state index in [0.29, 0.717) is 11.1 Å². The third kappa shape index (κ3) is 10.3. The van der Waals surface area contributed by atoms with Gasteiger partial charge in [0.15, 0.2) is 0 Å². The number of hydrogen-bond donors (Lipinski definition) is 0. The van der Waals surface area contributed by atoms with E-state index in [1.165, 1.54) is 24.3 Å². The summed E-state index contributed by atoms with van der Waals surface area (Å²) in [4.78, 5) is 52.5. The Labute approximate surface area is 329 Å². The minimum atomic E-state index is -1.13. The molecule has 0 amide bonds. The van der Waals surface area contributed by atoms with Gasteiger partial charge in [-0.1, -0.05) is 60.7 Å². The number of carboxylic acids is 2. The van der Waals surface area contributed by atoms with E-state index < -0.39 is 34.1 Å². The van der Waals surface area contributed by atoms with Gasteiger partial charge in [0.2, 0.25) is 11.1 Å². The SMILES string of the molecule is CC1(C)[N+](=O)C(c2ccncc2)=[N+]([O-])C1(C)C.CC1(C)[N+](=O)C(c2ccncc2)=[N+]([O-])C1(C)C.O=C([O-])c1ccccc1.O=C([O-])c1ccccc1.[Co].[OH3+].[OH3+]. The molecule has 0 saturated carbocycles. The Morgan fingerprint density at radius 1 is 0.491 bits per heavy atom. The van der Waals surface area contributed by atoms with E-state index in [0.717, 1.165) is 19.0 Å². The van der Waals surface area contributed by atoms with E-state index in [1.54, 1.807) is 141 Å². The molecule has 0 fully saturated rings. The summed E-state index contributed by atoms with van der Waals surface area (Å²) in [6, 6.07) is 22.8. The van der Waals surface area contributed by atoms with Crippen LogP contribution in [0.5, 0.6) is 0 Å². The van der Waals surface area contributed by atoms with Crippen molar-refractivity contribution in [2.24, 2.45) is 0 Å². The van der Waals surface area contributed by atoms with Crippen molar-refractivity contribution >= 4 is 23.6 Å². The van der Waals surface area contributed by atoms with Crippen molar-refractivity contribution in [2.45, 2.75) is 77.5 Å². The second kappa shape index (κ2) is 19.5. The van der Waals surface area contributed by atoms with Crippen LogP contribution in [0.3, 0.4) is 0 Å². The maximum atomic E-state index is 12.3. The largest absolute Gasteiger partial charge is 0.618 e. The van der Waals surface area contributed by atoms with E-state index in [2.05, 4.69) is 9.97 Å². The molecule has 0 bridgehead atoms. The third-order valence-corrected chi connectivity index (χ3v) is 9.69. The van der Waals surface area contributed by atoms with Crippen LogP contribution in [0.25, 0.3) is 0 Å². The van der Waals surface area contributed by atoms with E-state index in [4.69, 9.17) is 0 Å². The fraction of sp³-hybridized carbons (Fsp3) is 0.316. The van der Waals surface area contributed by atoms with Crippen LogP contribution in [0, 0.1) is 20.2 Å². The Kier molecular flexibility index (Phi) is 17.5. The fourth-order valence-electron chi connectivity index (χ4n) is 4.84. The van der Waals surface area contributed by atoms with Gasteiger partial charge in [-0.15, -0.1) is 9.48 Å².